The highest BCUT2D eigenvalue weighted by Crippen LogP contribution is 2.14. The molecule has 3 rings (SSSR count). The van der Waals surface area contributed by atoms with Crippen LogP contribution in [-0.2, 0) is 13.1 Å². The lowest BCUT2D eigenvalue weighted by atomic mass is 10.2. The van der Waals surface area contributed by atoms with E-state index >= 15 is 0 Å². The zero-order chi connectivity index (χ0) is 17.6. The Morgan fingerprint density at radius 3 is 2.32 bits per heavy atom. The van der Waals surface area contributed by atoms with Gasteiger partial charge in [0.1, 0.15) is 6.54 Å². The third kappa shape index (κ3) is 4.45. The fourth-order valence-electron chi connectivity index (χ4n) is 2.76. The Morgan fingerprint density at radius 2 is 1.68 bits per heavy atom. The molecule has 0 aliphatic rings. The van der Waals surface area contributed by atoms with Crippen molar-refractivity contribution < 1.29 is 9.42 Å². The molecule has 3 aromatic rings. The van der Waals surface area contributed by atoms with Gasteiger partial charge >= 0.3 is 0 Å². The molecule has 1 heterocycles. The molecule has 0 saturated carbocycles. The average Bonchev–Trinajstić information content (AvgIpc) is 3.11. The van der Waals surface area contributed by atoms with Crippen LogP contribution in [-0.4, -0.2) is 30.8 Å². The minimum Gasteiger partial charge on any atom is -0.378 e. The molecule has 5 heteroatoms. The van der Waals surface area contributed by atoms with E-state index in [9.17, 15) is 0 Å². The molecule has 130 valence electrons. The first kappa shape index (κ1) is 17.2. The van der Waals surface area contributed by atoms with E-state index in [0.29, 0.717) is 11.7 Å². The second kappa shape index (κ2) is 7.94. The van der Waals surface area contributed by atoms with Crippen molar-refractivity contribution in [1.82, 2.24) is 10.1 Å². The van der Waals surface area contributed by atoms with Crippen molar-refractivity contribution in [3.63, 3.8) is 0 Å². The number of rotatable bonds is 7. The predicted molar refractivity (Wildman–Crippen MR) is 99.4 cm³/mol. The number of anilines is 1. The molecular weight excluding hydrogens is 312 g/mol. The minimum absolute atomic E-state index is 0.654. The standard InChI is InChI=1S/C20H24N4O/c1-4-24(14-16-10-12-18(13-11-16)23(2)3)15-19-21-20(22-25-19)17-8-6-5-7-9-17/h5-13H,4,14-15H2,1-3H3/p+1. The average molecular weight is 337 g/mol. The number of quaternary nitrogens is 1. The Labute approximate surface area is 148 Å². The molecule has 0 aliphatic carbocycles. The van der Waals surface area contributed by atoms with Crippen LogP contribution in [0.5, 0.6) is 0 Å². The van der Waals surface area contributed by atoms with Crippen LogP contribution in [0, 0.1) is 0 Å². The summed E-state index contributed by atoms with van der Waals surface area (Å²) in [7, 11) is 4.11. The van der Waals surface area contributed by atoms with Crippen molar-refractivity contribution in [3.8, 4) is 11.4 Å². The lowest BCUT2D eigenvalue weighted by Gasteiger charge is -2.17. The topological polar surface area (TPSA) is 46.6 Å². The third-order valence-electron chi connectivity index (χ3n) is 4.31. The molecule has 0 aliphatic heterocycles. The van der Waals surface area contributed by atoms with Crippen molar-refractivity contribution in [3.05, 3.63) is 66.1 Å². The van der Waals surface area contributed by atoms with E-state index in [1.807, 2.05) is 30.3 Å². The highest BCUT2D eigenvalue weighted by Gasteiger charge is 2.15. The van der Waals surface area contributed by atoms with Gasteiger partial charge in [-0.2, -0.15) is 4.98 Å². The van der Waals surface area contributed by atoms with Gasteiger partial charge in [-0.15, -0.1) is 0 Å². The van der Waals surface area contributed by atoms with Crippen LogP contribution < -0.4 is 9.80 Å². The second-order valence-corrected chi connectivity index (χ2v) is 6.40. The third-order valence-corrected chi connectivity index (χ3v) is 4.31. The number of hydrogen-bond donors (Lipinski definition) is 1. The summed E-state index contributed by atoms with van der Waals surface area (Å²) in [6.45, 7) is 4.84. The van der Waals surface area contributed by atoms with Crippen molar-refractivity contribution in [2.75, 3.05) is 25.5 Å². The van der Waals surface area contributed by atoms with Gasteiger partial charge < -0.3 is 14.3 Å². The van der Waals surface area contributed by atoms with Crippen LogP contribution >= 0.6 is 0 Å². The maximum absolute atomic E-state index is 5.45. The van der Waals surface area contributed by atoms with E-state index in [0.717, 1.165) is 25.2 Å². The SMILES string of the molecule is CC[NH+](Cc1ccc(N(C)C)cc1)Cc1nc(-c2ccccc2)no1. The van der Waals surface area contributed by atoms with Crippen molar-refractivity contribution in [2.45, 2.75) is 20.0 Å². The van der Waals surface area contributed by atoms with Gasteiger partial charge in [0.05, 0.1) is 6.54 Å². The van der Waals surface area contributed by atoms with Crippen molar-refractivity contribution in [1.29, 1.82) is 0 Å². The normalized spacial score (nSPS) is 12.1. The Morgan fingerprint density at radius 1 is 0.960 bits per heavy atom. The molecule has 2 aromatic carbocycles. The number of nitrogens with one attached hydrogen (secondary N) is 1. The lowest BCUT2D eigenvalue weighted by molar-refractivity contribution is -0.927. The summed E-state index contributed by atoms with van der Waals surface area (Å²) in [5, 5.41) is 4.11. The Kier molecular flexibility index (Phi) is 5.46. The Bertz CT molecular complexity index is 781. The van der Waals surface area contributed by atoms with Gasteiger partial charge in [0, 0.05) is 30.9 Å². The maximum atomic E-state index is 5.45. The van der Waals surface area contributed by atoms with Crippen LogP contribution in [0.4, 0.5) is 5.69 Å². The summed E-state index contributed by atoms with van der Waals surface area (Å²) in [6, 6.07) is 18.6. The van der Waals surface area contributed by atoms with Gasteiger partial charge in [0.2, 0.25) is 5.82 Å². The van der Waals surface area contributed by atoms with Crippen molar-refractivity contribution in [2.24, 2.45) is 0 Å². The highest BCUT2D eigenvalue weighted by atomic mass is 16.5. The van der Waals surface area contributed by atoms with Gasteiger partial charge in [-0.25, -0.2) is 0 Å². The number of benzene rings is 2. The first-order chi connectivity index (χ1) is 12.2. The molecule has 1 aromatic heterocycles. The molecule has 0 saturated heterocycles. The summed E-state index contributed by atoms with van der Waals surface area (Å²) >= 11 is 0. The monoisotopic (exact) mass is 337 g/mol. The maximum Gasteiger partial charge on any atom is 0.282 e. The van der Waals surface area contributed by atoms with E-state index < -0.39 is 0 Å². The van der Waals surface area contributed by atoms with Crippen LogP contribution in [0.15, 0.2) is 59.1 Å². The van der Waals surface area contributed by atoms with E-state index in [1.54, 1.807) is 0 Å². The molecule has 1 N–H and O–H groups in total. The molecule has 1 unspecified atom stereocenters. The summed E-state index contributed by atoms with van der Waals surface area (Å²) in [5.41, 5.74) is 3.51. The summed E-state index contributed by atoms with van der Waals surface area (Å²) in [5.74, 6) is 1.34. The van der Waals surface area contributed by atoms with Crippen LogP contribution in [0.1, 0.15) is 18.4 Å². The molecule has 25 heavy (non-hydrogen) atoms. The summed E-state index contributed by atoms with van der Waals surface area (Å²) in [4.78, 5) is 8.04. The molecule has 0 radical (unpaired) electrons. The number of aromatic nitrogens is 2. The summed E-state index contributed by atoms with van der Waals surface area (Å²) in [6.07, 6.45) is 0. The molecule has 0 fully saturated rings. The molecule has 1 atom stereocenters. The first-order valence-corrected chi connectivity index (χ1v) is 8.63. The molecule has 0 spiro atoms. The lowest BCUT2D eigenvalue weighted by Crippen LogP contribution is -3.09. The number of nitrogens with zero attached hydrogens (tertiary/aromatic N) is 3. The predicted octanol–water partition coefficient (Wildman–Crippen LogP) is 2.41. The Hall–Kier alpha value is -2.66. The van der Waals surface area contributed by atoms with Gasteiger partial charge in [0.15, 0.2) is 6.54 Å². The first-order valence-electron chi connectivity index (χ1n) is 8.63. The zero-order valence-electron chi connectivity index (χ0n) is 15.1. The Balaban J connectivity index is 1.65. The zero-order valence-corrected chi connectivity index (χ0v) is 15.1. The van der Waals surface area contributed by atoms with E-state index in [4.69, 9.17) is 4.52 Å². The largest absolute Gasteiger partial charge is 0.378 e. The quantitative estimate of drug-likeness (QED) is 0.719. The second-order valence-electron chi connectivity index (χ2n) is 6.40. The fraction of sp³-hybridized carbons (Fsp3) is 0.300. The molecule has 0 bridgehead atoms. The van der Waals surface area contributed by atoms with Crippen LogP contribution in [0.3, 0.4) is 0 Å². The minimum atomic E-state index is 0.654. The van der Waals surface area contributed by atoms with Gasteiger partial charge in [-0.1, -0.05) is 47.6 Å². The van der Waals surface area contributed by atoms with E-state index in [-0.39, 0.29) is 0 Å². The highest BCUT2D eigenvalue weighted by molar-refractivity contribution is 5.53. The van der Waals surface area contributed by atoms with Crippen LogP contribution in [0.2, 0.25) is 0 Å². The molecular formula is C20H25N4O+. The number of hydrogen-bond acceptors (Lipinski definition) is 4. The van der Waals surface area contributed by atoms with Crippen LogP contribution in [0.25, 0.3) is 11.4 Å². The fourth-order valence-corrected chi connectivity index (χ4v) is 2.76. The molecule has 5 nitrogen and oxygen atoms in total. The van der Waals surface area contributed by atoms with E-state index in [2.05, 4.69) is 60.3 Å². The van der Waals surface area contributed by atoms with E-state index in [1.165, 1.54) is 16.2 Å². The smallest absolute Gasteiger partial charge is 0.282 e. The molecule has 0 amide bonds. The van der Waals surface area contributed by atoms with Gasteiger partial charge in [-0.05, 0) is 19.1 Å². The van der Waals surface area contributed by atoms with Gasteiger partial charge in [0.25, 0.3) is 5.89 Å². The van der Waals surface area contributed by atoms with Crippen molar-refractivity contribution >= 4 is 5.69 Å². The van der Waals surface area contributed by atoms with Gasteiger partial charge in [-0.3, -0.25) is 0 Å². The summed E-state index contributed by atoms with van der Waals surface area (Å²) < 4.78 is 5.45.